The van der Waals surface area contributed by atoms with Crippen LogP contribution in [0, 0.1) is 5.41 Å². The number of sulfone groups is 1. The number of halogens is 1. The zero-order chi connectivity index (χ0) is 17.5. The number of rotatable bonds is 9. The smallest absolute Gasteiger partial charge is 0.191 e. The van der Waals surface area contributed by atoms with Gasteiger partial charge in [0.2, 0.25) is 0 Å². The van der Waals surface area contributed by atoms with Gasteiger partial charge in [-0.3, -0.25) is 4.99 Å². The van der Waals surface area contributed by atoms with Crippen LogP contribution in [0.4, 0.5) is 0 Å². The molecular weight excluding hydrogens is 441 g/mol. The molecule has 8 heteroatoms. The zero-order valence-electron chi connectivity index (χ0n) is 15.6. The minimum absolute atomic E-state index is 0. The van der Waals surface area contributed by atoms with E-state index in [-0.39, 0.29) is 35.1 Å². The lowest BCUT2D eigenvalue weighted by molar-refractivity contribution is -0.133. The van der Waals surface area contributed by atoms with E-state index in [9.17, 15) is 8.42 Å². The molecule has 1 aliphatic carbocycles. The molecule has 1 saturated carbocycles. The maximum Gasteiger partial charge on any atom is 0.191 e. The molecule has 0 aromatic heterocycles. The van der Waals surface area contributed by atoms with Crippen LogP contribution < -0.4 is 10.6 Å². The van der Waals surface area contributed by atoms with Crippen molar-refractivity contribution in [2.24, 2.45) is 10.4 Å². The van der Waals surface area contributed by atoms with Crippen LogP contribution in [0.15, 0.2) is 4.99 Å². The molecule has 6 nitrogen and oxygen atoms in total. The molecule has 0 aromatic rings. The van der Waals surface area contributed by atoms with E-state index in [0.717, 1.165) is 31.8 Å². The van der Waals surface area contributed by atoms with Crippen molar-refractivity contribution >= 4 is 39.8 Å². The first-order valence-electron chi connectivity index (χ1n) is 8.59. The van der Waals surface area contributed by atoms with Crippen LogP contribution >= 0.6 is 24.0 Å². The number of nitrogens with one attached hydrogen (secondary N) is 2. The first-order chi connectivity index (χ1) is 10.8. The van der Waals surface area contributed by atoms with Crippen molar-refractivity contribution in [2.45, 2.75) is 58.6 Å². The van der Waals surface area contributed by atoms with E-state index in [2.05, 4.69) is 29.5 Å². The van der Waals surface area contributed by atoms with Gasteiger partial charge in [0, 0.05) is 37.9 Å². The number of hydrogen-bond donors (Lipinski definition) is 2. The minimum Gasteiger partial charge on any atom is -0.378 e. The standard InChI is InChI=1S/C16H33N3O3S.HI/c1-6-16(7-2)13(12-14(16)22-8-3)19-15(17-4)18-10-9-11-23(5,20)21;/h13-14H,6-12H2,1-5H3,(H2,17,18,19);1H. The van der Waals surface area contributed by atoms with Gasteiger partial charge in [0.1, 0.15) is 9.84 Å². The second-order valence-corrected chi connectivity index (χ2v) is 8.56. The molecule has 0 radical (unpaired) electrons. The summed E-state index contributed by atoms with van der Waals surface area (Å²) in [6.07, 6.45) is 5.27. The van der Waals surface area contributed by atoms with Gasteiger partial charge in [0.25, 0.3) is 0 Å². The van der Waals surface area contributed by atoms with Crippen molar-refractivity contribution in [3.63, 3.8) is 0 Å². The summed E-state index contributed by atoms with van der Waals surface area (Å²) in [6, 6.07) is 0.343. The van der Waals surface area contributed by atoms with E-state index in [1.54, 1.807) is 7.05 Å². The average Bonchev–Trinajstić information content (AvgIpc) is 2.48. The van der Waals surface area contributed by atoms with Crippen molar-refractivity contribution in [1.29, 1.82) is 0 Å². The van der Waals surface area contributed by atoms with Gasteiger partial charge in [-0.15, -0.1) is 24.0 Å². The molecule has 2 unspecified atom stereocenters. The maximum absolute atomic E-state index is 11.2. The van der Waals surface area contributed by atoms with Crippen LogP contribution in [0.5, 0.6) is 0 Å². The van der Waals surface area contributed by atoms with Gasteiger partial charge < -0.3 is 15.4 Å². The van der Waals surface area contributed by atoms with Crippen LogP contribution in [0.25, 0.3) is 0 Å². The highest BCUT2D eigenvalue weighted by atomic mass is 127. The third-order valence-electron chi connectivity index (χ3n) is 4.99. The maximum atomic E-state index is 11.2. The lowest BCUT2D eigenvalue weighted by Gasteiger charge is -2.55. The van der Waals surface area contributed by atoms with Crippen molar-refractivity contribution in [3.8, 4) is 0 Å². The highest BCUT2D eigenvalue weighted by Crippen LogP contribution is 2.48. The number of hydrogen-bond acceptors (Lipinski definition) is 4. The van der Waals surface area contributed by atoms with Crippen molar-refractivity contribution in [3.05, 3.63) is 0 Å². The lowest BCUT2D eigenvalue weighted by Crippen LogP contribution is -2.65. The molecule has 2 N–H and O–H groups in total. The molecule has 2 atom stereocenters. The highest BCUT2D eigenvalue weighted by Gasteiger charge is 2.53. The predicted octanol–water partition coefficient (Wildman–Crippen LogP) is 2.19. The van der Waals surface area contributed by atoms with Crippen LogP contribution in [0.3, 0.4) is 0 Å². The molecule has 144 valence electrons. The third-order valence-corrected chi connectivity index (χ3v) is 6.02. The largest absolute Gasteiger partial charge is 0.378 e. The molecule has 0 spiro atoms. The van der Waals surface area contributed by atoms with Gasteiger partial charge in [0.15, 0.2) is 5.96 Å². The topological polar surface area (TPSA) is 79.8 Å². The Kier molecular flexibility index (Phi) is 10.8. The molecule has 0 aromatic carbocycles. The van der Waals surface area contributed by atoms with E-state index in [4.69, 9.17) is 4.74 Å². The molecule has 0 bridgehead atoms. The minimum atomic E-state index is -2.90. The first kappa shape index (κ1) is 23.9. The quantitative estimate of drug-likeness (QED) is 0.231. The normalized spacial score (nSPS) is 23.1. The van der Waals surface area contributed by atoms with Gasteiger partial charge in [-0.1, -0.05) is 13.8 Å². The fourth-order valence-corrected chi connectivity index (χ4v) is 4.15. The van der Waals surface area contributed by atoms with E-state index >= 15 is 0 Å². The van der Waals surface area contributed by atoms with Crippen LogP contribution in [0.1, 0.15) is 46.5 Å². The summed E-state index contributed by atoms with van der Waals surface area (Å²) in [5.74, 6) is 0.936. The SMILES string of the molecule is CCOC1CC(NC(=NC)NCCCS(C)(=O)=O)C1(CC)CC.I. The fourth-order valence-electron chi connectivity index (χ4n) is 3.48. The van der Waals surface area contributed by atoms with Gasteiger partial charge in [-0.25, -0.2) is 8.42 Å². The Morgan fingerprint density at radius 2 is 1.92 bits per heavy atom. The Hall–Kier alpha value is -0.0900. The summed E-state index contributed by atoms with van der Waals surface area (Å²) < 4.78 is 28.2. The summed E-state index contributed by atoms with van der Waals surface area (Å²) in [7, 11) is -1.16. The summed E-state index contributed by atoms with van der Waals surface area (Å²) in [6.45, 7) is 7.81. The first-order valence-corrected chi connectivity index (χ1v) is 10.7. The molecule has 0 aliphatic heterocycles. The highest BCUT2D eigenvalue weighted by molar-refractivity contribution is 14.0. The Bertz CT molecular complexity index is 493. The molecule has 0 saturated heterocycles. The molecule has 1 fully saturated rings. The average molecular weight is 475 g/mol. The lowest BCUT2D eigenvalue weighted by atomic mass is 9.58. The van der Waals surface area contributed by atoms with Gasteiger partial charge >= 0.3 is 0 Å². The Morgan fingerprint density at radius 1 is 1.29 bits per heavy atom. The summed E-state index contributed by atoms with van der Waals surface area (Å²) >= 11 is 0. The van der Waals surface area contributed by atoms with Crippen molar-refractivity contribution in [1.82, 2.24) is 10.6 Å². The second kappa shape index (κ2) is 10.8. The van der Waals surface area contributed by atoms with Gasteiger partial charge in [-0.2, -0.15) is 0 Å². The summed E-state index contributed by atoms with van der Waals surface area (Å²) in [4.78, 5) is 4.25. The zero-order valence-corrected chi connectivity index (χ0v) is 18.7. The molecular formula is C16H34IN3O3S. The molecule has 0 heterocycles. The summed E-state index contributed by atoms with van der Waals surface area (Å²) in [5, 5.41) is 6.70. The Labute approximate surface area is 164 Å². The van der Waals surface area contributed by atoms with Gasteiger partial charge in [0.05, 0.1) is 11.9 Å². The molecule has 24 heavy (non-hydrogen) atoms. The van der Waals surface area contributed by atoms with E-state index in [0.29, 0.717) is 25.1 Å². The van der Waals surface area contributed by atoms with E-state index in [1.807, 2.05) is 6.92 Å². The van der Waals surface area contributed by atoms with Crippen molar-refractivity contribution < 1.29 is 13.2 Å². The Balaban J connectivity index is 0.00000529. The number of guanidine groups is 1. The monoisotopic (exact) mass is 475 g/mol. The molecule has 0 amide bonds. The van der Waals surface area contributed by atoms with Gasteiger partial charge in [-0.05, 0) is 32.6 Å². The molecule has 1 aliphatic rings. The Morgan fingerprint density at radius 3 is 2.38 bits per heavy atom. The van der Waals surface area contributed by atoms with E-state index < -0.39 is 9.84 Å². The second-order valence-electron chi connectivity index (χ2n) is 6.30. The third kappa shape index (κ3) is 6.33. The summed E-state index contributed by atoms with van der Waals surface area (Å²) in [5.41, 5.74) is 0.153. The van der Waals surface area contributed by atoms with Crippen molar-refractivity contribution in [2.75, 3.05) is 32.2 Å². The van der Waals surface area contributed by atoms with Crippen LogP contribution in [-0.4, -0.2) is 58.7 Å². The fraction of sp³-hybridized carbons (Fsp3) is 0.938. The van der Waals surface area contributed by atoms with E-state index in [1.165, 1.54) is 6.26 Å². The van der Waals surface area contributed by atoms with Crippen LogP contribution in [-0.2, 0) is 14.6 Å². The predicted molar refractivity (Wildman–Crippen MR) is 111 cm³/mol. The van der Waals surface area contributed by atoms with Crippen LogP contribution in [0.2, 0.25) is 0 Å². The molecule has 1 rings (SSSR count). The number of nitrogens with zero attached hydrogens (tertiary/aromatic N) is 1. The number of ether oxygens (including phenoxy) is 1. The number of aliphatic imine (C=N–C) groups is 1.